The van der Waals surface area contributed by atoms with Crippen molar-refractivity contribution in [3.8, 4) is 0 Å². The summed E-state index contributed by atoms with van der Waals surface area (Å²) in [7, 11) is -3.34. The first-order chi connectivity index (χ1) is 7.81. The summed E-state index contributed by atoms with van der Waals surface area (Å²) >= 11 is 0. The Morgan fingerprint density at radius 2 is 1.82 bits per heavy atom. The van der Waals surface area contributed by atoms with Crippen molar-refractivity contribution < 1.29 is 8.42 Å². The number of rotatable bonds is 4. The van der Waals surface area contributed by atoms with Crippen molar-refractivity contribution in [3.05, 3.63) is 29.8 Å². The van der Waals surface area contributed by atoms with Gasteiger partial charge in [0.05, 0.1) is 16.7 Å². The molecular formula is C11H17N3O2S. The minimum atomic E-state index is -3.34. The van der Waals surface area contributed by atoms with E-state index in [1.807, 2.05) is 6.92 Å². The number of guanidine groups is 1. The summed E-state index contributed by atoms with van der Waals surface area (Å²) < 4.78 is 24.0. The Labute approximate surface area is 101 Å². The second-order valence-corrected chi connectivity index (χ2v) is 6.03. The SMILES string of the molecule is Cc1ccc(S(=O)(=O)CC(C)N=C(N)N)cc1. The molecule has 1 unspecified atom stereocenters. The number of nitrogens with two attached hydrogens (primary N) is 2. The fourth-order valence-electron chi connectivity index (χ4n) is 1.45. The van der Waals surface area contributed by atoms with Crippen LogP contribution >= 0.6 is 0 Å². The average molecular weight is 255 g/mol. The molecule has 5 nitrogen and oxygen atoms in total. The van der Waals surface area contributed by atoms with E-state index in [2.05, 4.69) is 4.99 Å². The molecule has 0 radical (unpaired) electrons. The standard InChI is InChI=1S/C11H17N3O2S/c1-8-3-5-10(6-4-8)17(15,16)7-9(2)14-11(12)13/h3-6,9H,7H2,1-2H3,(H4,12,13,14). The number of aryl methyl sites for hydroxylation is 1. The number of benzene rings is 1. The van der Waals surface area contributed by atoms with Gasteiger partial charge in [-0.15, -0.1) is 0 Å². The highest BCUT2D eigenvalue weighted by Gasteiger charge is 2.17. The van der Waals surface area contributed by atoms with Crippen molar-refractivity contribution in [1.82, 2.24) is 0 Å². The molecule has 0 heterocycles. The molecule has 1 rings (SSSR count). The van der Waals surface area contributed by atoms with Crippen LogP contribution in [0.15, 0.2) is 34.2 Å². The van der Waals surface area contributed by atoms with Crippen molar-refractivity contribution in [2.24, 2.45) is 16.5 Å². The molecule has 94 valence electrons. The minimum absolute atomic E-state index is 0.100. The maximum atomic E-state index is 12.0. The predicted octanol–water partition coefficient (Wildman–Crippen LogP) is 0.431. The number of hydrogen-bond donors (Lipinski definition) is 2. The lowest BCUT2D eigenvalue weighted by molar-refractivity contribution is 0.590. The lowest BCUT2D eigenvalue weighted by atomic mass is 10.2. The molecule has 0 saturated heterocycles. The van der Waals surface area contributed by atoms with Crippen molar-refractivity contribution >= 4 is 15.8 Å². The van der Waals surface area contributed by atoms with Crippen molar-refractivity contribution in [1.29, 1.82) is 0 Å². The van der Waals surface area contributed by atoms with Crippen LogP contribution in [0.4, 0.5) is 0 Å². The molecular weight excluding hydrogens is 238 g/mol. The van der Waals surface area contributed by atoms with E-state index >= 15 is 0 Å². The smallest absolute Gasteiger partial charge is 0.186 e. The van der Waals surface area contributed by atoms with Gasteiger partial charge in [-0.05, 0) is 26.0 Å². The average Bonchev–Trinajstić information content (AvgIpc) is 2.15. The predicted molar refractivity (Wildman–Crippen MR) is 68.5 cm³/mol. The van der Waals surface area contributed by atoms with E-state index in [1.165, 1.54) is 0 Å². The van der Waals surface area contributed by atoms with Crippen molar-refractivity contribution in [3.63, 3.8) is 0 Å². The molecule has 1 aromatic rings. The molecule has 6 heteroatoms. The van der Waals surface area contributed by atoms with Gasteiger partial charge in [0.15, 0.2) is 15.8 Å². The molecule has 0 aromatic heterocycles. The molecule has 0 fully saturated rings. The Kier molecular flexibility index (Phi) is 4.11. The van der Waals surface area contributed by atoms with E-state index in [4.69, 9.17) is 11.5 Å². The normalized spacial score (nSPS) is 13.1. The van der Waals surface area contributed by atoms with Gasteiger partial charge in [-0.1, -0.05) is 17.7 Å². The second kappa shape index (κ2) is 5.18. The van der Waals surface area contributed by atoms with Gasteiger partial charge in [-0.25, -0.2) is 13.4 Å². The Balaban J connectivity index is 2.89. The van der Waals surface area contributed by atoms with Crippen LogP contribution in [0, 0.1) is 6.92 Å². The van der Waals surface area contributed by atoms with Crippen LogP contribution in [-0.4, -0.2) is 26.2 Å². The monoisotopic (exact) mass is 255 g/mol. The highest BCUT2D eigenvalue weighted by atomic mass is 32.2. The summed E-state index contributed by atoms with van der Waals surface area (Å²) in [5, 5.41) is 0. The van der Waals surface area contributed by atoms with Crippen LogP contribution in [0.2, 0.25) is 0 Å². The molecule has 0 spiro atoms. The molecule has 0 aliphatic carbocycles. The van der Waals surface area contributed by atoms with Gasteiger partial charge in [0.2, 0.25) is 0 Å². The van der Waals surface area contributed by atoms with Crippen LogP contribution < -0.4 is 11.5 Å². The first-order valence-electron chi connectivity index (χ1n) is 5.19. The largest absolute Gasteiger partial charge is 0.370 e. The third-order valence-corrected chi connectivity index (χ3v) is 4.12. The number of aliphatic imine (C=N–C) groups is 1. The zero-order valence-corrected chi connectivity index (χ0v) is 10.7. The summed E-state index contributed by atoms with van der Waals surface area (Å²) in [6.45, 7) is 3.56. The summed E-state index contributed by atoms with van der Waals surface area (Å²) in [6, 6.07) is 6.25. The first-order valence-corrected chi connectivity index (χ1v) is 6.84. The van der Waals surface area contributed by atoms with Crippen LogP contribution in [0.1, 0.15) is 12.5 Å². The van der Waals surface area contributed by atoms with Crippen molar-refractivity contribution in [2.45, 2.75) is 24.8 Å². The minimum Gasteiger partial charge on any atom is -0.370 e. The molecule has 0 bridgehead atoms. The van der Waals surface area contributed by atoms with Crippen LogP contribution in [0.3, 0.4) is 0 Å². The molecule has 17 heavy (non-hydrogen) atoms. The van der Waals surface area contributed by atoms with E-state index in [-0.39, 0.29) is 11.7 Å². The van der Waals surface area contributed by atoms with Crippen LogP contribution in [0.5, 0.6) is 0 Å². The summed E-state index contributed by atoms with van der Waals surface area (Å²) in [5.74, 6) is -0.204. The number of sulfone groups is 1. The van der Waals surface area contributed by atoms with Gasteiger partial charge < -0.3 is 11.5 Å². The molecule has 0 aliphatic rings. The summed E-state index contributed by atoms with van der Waals surface area (Å²) in [6.07, 6.45) is 0. The molecule has 1 aromatic carbocycles. The Morgan fingerprint density at radius 3 is 2.29 bits per heavy atom. The van der Waals surface area contributed by atoms with E-state index in [0.29, 0.717) is 4.90 Å². The van der Waals surface area contributed by atoms with Gasteiger partial charge in [0.25, 0.3) is 0 Å². The Morgan fingerprint density at radius 1 is 1.29 bits per heavy atom. The fourth-order valence-corrected chi connectivity index (χ4v) is 2.90. The first kappa shape index (κ1) is 13.5. The zero-order valence-electron chi connectivity index (χ0n) is 9.92. The van der Waals surface area contributed by atoms with E-state index in [1.54, 1.807) is 31.2 Å². The third-order valence-electron chi connectivity index (χ3n) is 2.21. The molecule has 0 saturated carbocycles. The van der Waals surface area contributed by atoms with Crippen molar-refractivity contribution in [2.75, 3.05) is 5.75 Å². The Bertz CT molecular complexity index is 502. The van der Waals surface area contributed by atoms with Crippen LogP contribution in [0.25, 0.3) is 0 Å². The van der Waals surface area contributed by atoms with Gasteiger partial charge in [-0.3, -0.25) is 0 Å². The van der Waals surface area contributed by atoms with Gasteiger partial charge in [-0.2, -0.15) is 0 Å². The van der Waals surface area contributed by atoms with E-state index in [0.717, 1.165) is 5.56 Å². The maximum absolute atomic E-state index is 12.0. The quantitative estimate of drug-likeness (QED) is 0.602. The summed E-state index contributed by atoms with van der Waals surface area (Å²) in [4.78, 5) is 4.09. The van der Waals surface area contributed by atoms with Gasteiger partial charge >= 0.3 is 0 Å². The Hall–Kier alpha value is -1.56. The van der Waals surface area contributed by atoms with Crippen LogP contribution in [-0.2, 0) is 9.84 Å². The molecule has 4 N–H and O–H groups in total. The second-order valence-electron chi connectivity index (χ2n) is 4.00. The maximum Gasteiger partial charge on any atom is 0.186 e. The number of nitrogens with zero attached hydrogens (tertiary/aromatic N) is 1. The highest BCUT2D eigenvalue weighted by Crippen LogP contribution is 2.13. The molecule has 0 amide bonds. The van der Waals surface area contributed by atoms with Gasteiger partial charge in [0, 0.05) is 0 Å². The fraction of sp³-hybridized carbons (Fsp3) is 0.364. The highest BCUT2D eigenvalue weighted by molar-refractivity contribution is 7.91. The van der Waals surface area contributed by atoms with Gasteiger partial charge in [0.1, 0.15) is 0 Å². The molecule has 0 aliphatic heterocycles. The third kappa shape index (κ3) is 4.07. The number of hydrogen-bond acceptors (Lipinski definition) is 3. The zero-order chi connectivity index (χ0) is 13.1. The molecule has 1 atom stereocenters. The lowest BCUT2D eigenvalue weighted by Crippen LogP contribution is -2.27. The van der Waals surface area contributed by atoms with E-state index < -0.39 is 15.9 Å². The topological polar surface area (TPSA) is 98.5 Å². The van der Waals surface area contributed by atoms with E-state index in [9.17, 15) is 8.42 Å². The summed E-state index contributed by atoms with van der Waals surface area (Å²) in [5.41, 5.74) is 11.4. The lowest BCUT2D eigenvalue weighted by Gasteiger charge is -2.08.